The van der Waals surface area contributed by atoms with Gasteiger partial charge in [-0.15, -0.1) is 0 Å². The zero-order valence-electron chi connectivity index (χ0n) is 19.3. The third-order valence-corrected chi connectivity index (χ3v) is 8.79. The van der Waals surface area contributed by atoms with Crippen molar-refractivity contribution in [1.82, 2.24) is 14.1 Å². The van der Waals surface area contributed by atoms with Gasteiger partial charge in [0.2, 0.25) is 15.9 Å². The number of halogens is 3. The highest BCUT2D eigenvalue weighted by molar-refractivity contribution is 7.89. The smallest absolute Gasteiger partial charge is 0.243 e. The molecule has 11 heteroatoms. The molecule has 1 aliphatic rings. The van der Waals surface area contributed by atoms with E-state index in [9.17, 15) is 17.6 Å². The van der Waals surface area contributed by atoms with Gasteiger partial charge < -0.3 is 5.32 Å². The minimum absolute atomic E-state index is 0.134. The van der Waals surface area contributed by atoms with Crippen molar-refractivity contribution in [2.75, 3.05) is 18.4 Å². The van der Waals surface area contributed by atoms with Crippen molar-refractivity contribution in [1.29, 1.82) is 0 Å². The molecule has 2 aromatic carbocycles. The van der Waals surface area contributed by atoms with Gasteiger partial charge in [-0.1, -0.05) is 29.3 Å². The average Bonchev–Trinajstić information content (AvgIpc) is 3.09. The lowest BCUT2D eigenvalue weighted by Crippen LogP contribution is -2.41. The first-order valence-corrected chi connectivity index (χ1v) is 13.3. The summed E-state index contributed by atoms with van der Waals surface area (Å²) in [4.78, 5) is 13.2. The molecule has 1 amide bonds. The topological polar surface area (TPSA) is 84.3 Å². The number of carbonyl (C=O) groups excluding carboxylic acids is 1. The molecule has 0 atom stereocenters. The second-order valence-corrected chi connectivity index (χ2v) is 11.3. The maximum atomic E-state index is 14.2. The molecule has 0 unspecified atom stereocenters. The first-order chi connectivity index (χ1) is 16.6. The van der Waals surface area contributed by atoms with Gasteiger partial charge in [0, 0.05) is 34.6 Å². The third-order valence-electron chi connectivity index (χ3n) is 6.28. The standard InChI is InChI=1S/C24H25Cl2FN4O3S/c1-15-23(16(2)31(29-15)14-20-21(26)4-3-5-22(20)27)28-24(32)17-10-12-30(13-11-17)35(33,34)19-8-6-18(25)7-9-19/h3-9,17H,10-14H2,1-2H3,(H,28,32). The van der Waals surface area contributed by atoms with E-state index in [4.69, 9.17) is 23.2 Å². The van der Waals surface area contributed by atoms with E-state index in [0.29, 0.717) is 45.5 Å². The van der Waals surface area contributed by atoms with Gasteiger partial charge >= 0.3 is 0 Å². The Morgan fingerprint density at radius 3 is 2.40 bits per heavy atom. The van der Waals surface area contributed by atoms with Crippen molar-refractivity contribution in [3.05, 3.63) is 75.3 Å². The second-order valence-electron chi connectivity index (χ2n) is 8.53. The van der Waals surface area contributed by atoms with E-state index >= 15 is 0 Å². The number of rotatable bonds is 6. The first-order valence-electron chi connectivity index (χ1n) is 11.1. The largest absolute Gasteiger partial charge is 0.323 e. The quantitative estimate of drug-likeness (QED) is 0.476. The highest BCUT2D eigenvalue weighted by atomic mass is 35.5. The molecule has 186 valence electrons. The molecule has 3 aromatic rings. The van der Waals surface area contributed by atoms with Gasteiger partial charge in [0.25, 0.3) is 0 Å². The van der Waals surface area contributed by atoms with Gasteiger partial charge in [0.05, 0.1) is 28.5 Å². The third kappa shape index (κ3) is 5.38. The van der Waals surface area contributed by atoms with Crippen molar-refractivity contribution in [3.63, 3.8) is 0 Å². The Bertz CT molecular complexity index is 1330. The van der Waals surface area contributed by atoms with Crippen LogP contribution in [0.15, 0.2) is 47.4 Å². The summed E-state index contributed by atoms with van der Waals surface area (Å²) in [5.74, 6) is -0.950. The normalized spacial score (nSPS) is 15.3. The van der Waals surface area contributed by atoms with Gasteiger partial charge in [-0.25, -0.2) is 12.8 Å². The summed E-state index contributed by atoms with van der Waals surface area (Å²) in [5.41, 5.74) is 2.18. The molecule has 1 N–H and O–H groups in total. The number of aromatic nitrogens is 2. The van der Waals surface area contributed by atoms with Gasteiger partial charge in [-0.2, -0.15) is 9.40 Å². The van der Waals surface area contributed by atoms with Crippen LogP contribution in [0.4, 0.5) is 10.1 Å². The van der Waals surface area contributed by atoms with Crippen LogP contribution in [0, 0.1) is 25.6 Å². The van der Waals surface area contributed by atoms with Crippen LogP contribution < -0.4 is 5.32 Å². The average molecular weight is 539 g/mol. The Balaban J connectivity index is 1.42. The molecule has 2 heterocycles. The van der Waals surface area contributed by atoms with Crippen LogP contribution in [-0.2, 0) is 21.4 Å². The number of nitrogens with one attached hydrogen (secondary N) is 1. The van der Waals surface area contributed by atoms with Crippen molar-refractivity contribution in [3.8, 4) is 0 Å². The van der Waals surface area contributed by atoms with E-state index in [2.05, 4.69) is 10.4 Å². The van der Waals surface area contributed by atoms with Gasteiger partial charge in [-0.3, -0.25) is 9.48 Å². The van der Waals surface area contributed by atoms with Crippen LogP contribution in [-0.4, -0.2) is 41.5 Å². The van der Waals surface area contributed by atoms with E-state index in [1.54, 1.807) is 42.8 Å². The molecule has 1 fully saturated rings. The molecule has 7 nitrogen and oxygen atoms in total. The summed E-state index contributed by atoms with van der Waals surface area (Å²) >= 11 is 12.0. The monoisotopic (exact) mass is 538 g/mol. The minimum atomic E-state index is -3.65. The second kappa shape index (κ2) is 10.3. The number of hydrogen-bond acceptors (Lipinski definition) is 4. The predicted octanol–water partition coefficient (Wildman–Crippen LogP) is 5.03. The highest BCUT2D eigenvalue weighted by Crippen LogP contribution is 2.28. The number of anilines is 1. The molecule has 0 radical (unpaired) electrons. The number of hydrogen-bond donors (Lipinski definition) is 1. The summed E-state index contributed by atoms with van der Waals surface area (Å²) in [7, 11) is -3.65. The number of benzene rings is 2. The molecule has 1 saturated heterocycles. The fraction of sp³-hybridized carbons (Fsp3) is 0.333. The number of aryl methyl sites for hydroxylation is 1. The molecular formula is C24H25Cl2FN4O3S. The van der Waals surface area contributed by atoms with Crippen molar-refractivity contribution in [2.24, 2.45) is 5.92 Å². The van der Waals surface area contributed by atoms with E-state index in [1.807, 2.05) is 0 Å². The highest BCUT2D eigenvalue weighted by Gasteiger charge is 2.32. The maximum Gasteiger partial charge on any atom is 0.243 e. The summed E-state index contributed by atoms with van der Waals surface area (Å²) < 4.78 is 43.0. The number of nitrogens with zero attached hydrogens (tertiary/aromatic N) is 3. The van der Waals surface area contributed by atoms with Crippen molar-refractivity contribution in [2.45, 2.75) is 38.1 Å². The minimum Gasteiger partial charge on any atom is -0.323 e. The summed E-state index contributed by atoms with van der Waals surface area (Å²) in [6.07, 6.45) is 0.797. The van der Waals surface area contributed by atoms with Crippen LogP contribution in [0.5, 0.6) is 0 Å². The summed E-state index contributed by atoms with van der Waals surface area (Å²) in [6, 6.07) is 10.5. The molecule has 0 spiro atoms. The predicted molar refractivity (Wildman–Crippen MR) is 134 cm³/mol. The Hall–Kier alpha value is -2.46. The SMILES string of the molecule is Cc1nn(Cc2c(F)cccc2Cl)c(C)c1NC(=O)C1CCN(S(=O)(=O)c2ccc(Cl)cc2)CC1. The lowest BCUT2D eigenvalue weighted by Gasteiger charge is -2.30. The first kappa shape index (κ1) is 25.6. The van der Waals surface area contributed by atoms with Gasteiger partial charge in [0.1, 0.15) is 5.82 Å². The van der Waals surface area contributed by atoms with Crippen LogP contribution >= 0.6 is 23.2 Å². The number of amides is 1. The van der Waals surface area contributed by atoms with Crippen LogP contribution in [0.3, 0.4) is 0 Å². The molecular weight excluding hydrogens is 514 g/mol. The van der Waals surface area contributed by atoms with Gasteiger partial charge in [-0.05, 0) is 63.1 Å². The van der Waals surface area contributed by atoms with Crippen LogP contribution in [0.2, 0.25) is 10.0 Å². The van der Waals surface area contributed by atoms with Crippen molar-refractivity contribution < 1.29 is 17.6 Å². The molecule has 35 heavy (non-hydrogen) atoms. The van der Waals surface area contributed by atoms with E-state index in [-0.39, 0.29) is 36.4 Å². The zero-order chi connectivity index (χ0) is 25.3. The summed E-state index contributed by atoms with van der Waals surface area (Å²) in [5, 5.41) is 8.17. The Labute approximate surface area is 213 Å². The lowest BCUT2D eigenvalue weighted by molar-refractivity contribution is -0.120. The number of sulfonamides is 1. The fourth-order valence-electron chi connectivity index (χ4n) is 4.20. The molecule has 0 aliphatic carbocycles. The Morgan fingerprint density at radius 2 is 1.77 bits per heavy atom. The van der Waals surface area contributed by atoms with Crippen molar-refractivity contribution >= 4 is 44.8 Å². The summed E-state index contributed by atoms with van der Waals surface area (Å²) in [6.45, 7) is 4.18. The van der Waals surface area contributed by atoms with Gasteiger partial charge in [0.15, 0.2) is 0 Å². The van der Waals surface area contributed by atoms with E-state index < -0.39 is 15.8 Å². The molecule has 4 rings (SSSR count). The number of carbonyl (C=O) groups is 1. The van der Waals surface area contributed by atoms with Crippen LogP contribution in [0.1, 0.15) is 29.8 Å². The molecule has 1 aliphatic heterocycles. The molecule has 0 saturated carbocycles. The Morgan fingerprint density at radius 1 is 1.11 bits per heavy atom. The van der Waals surface area contributed by atoms with E-state index in [0.717, 1.165) is 0 Å². The molecule has 1 aromatic heterocycles. The van der Waals surface area contributed by atoms with Crippen LogP contribution in [0.25, 0.3) is 0 Å². The number of piperidine rings is 1. The maximum absolute atomic E-state index is 14.2. The Kier molecular flexibility index (Phi) is 7.51. The lowest BCUT2D eigenvalue weighted by atomic mass is 9.97. The molecule has 0 bridgehead atoms. The zero-order valence-corrected chi connectivity index (χ0v) is 21.6. The van der Waals surface area contributed by atoms with E-state index in [1.165, 1.54) is 22.5 Å². The fourth-order valence-corrected chi connectivity index (χ4v) is 6.02.